The Balaban J connectivity index is 2.33. The lowest BCUT2D eigenvalue weighted by molar-refractivity contribution is 0.611. The van der Waals surface area contributed by atoms with E-state index >= 15 is 0 Å². The van der Waals surface area contributed by atoms with Crippen LogP contribution in [0.15, 0.2) is 0 Å². The molecule has 1 aliphatic carbocycles. The summed E-state index contributed by atoms with van der Waals surface area (Å²) in [6, 6.07) is 0. The molecular formula is C6H13B. The van der Waals surface area contributed by atoms with E-state index in [4.69, 9.17) is 0 Å². The van der Waals surface area contributed by atoms with Crippen LogP contribution in [0.1, 0.15) is 26.2 Å². The zero-order chi connectivity index (χ0) is 5.28. The Labute approximate surface area is 46.7 Å². The van der Waals surface area contributed by atoms with E-state index < -0.39 is 0 Å². The minimum atomic E-state index is 1.01. The molecule has 0 nitrogen and oxygen atoms in total. The van der Waals surface area contributed by atoms with Crippen molar-refractivity contribution in [3.63, 3.8) is 0 Å². The van der Waals surface area contributed by atoms with Gasteiger partial charge in [-0.1, -0.05) is 32.0 Å². The largest absolute Gasteiger partial charge is 0.105 e. The molecule has 0 spiro atoms. The van der Waals surface area contributed by atoms with E-state index in [1.165, 1.54) is 19.3 Å². The van der Waals surface area contributed by atoms with Gasteiger partial charge >= 0.3 is 0 Å². The highest BCUT2D eigenvalue weighted by atomic mass is 14.2. The highest BCUT2D eigenvalue weighted by molar-refractivity contribution is 6.11. The summed E-state index contributed by atoms with van der Waals surface area (Å²) < 4.78 is 0. The molecule has 2 unspecified atom stereocenters. The molecule has 0 N–H and O–H groups in total. The fourth-order valence-electron chi connectivity index (χ4n) is 1.33. The highest BCUT2D eigenvalue weighted by Crippen LogP contribution is 2.32. The van der Waals surface area contributed by atoms with Crippen molar-refractivity contribution in [1.82, 2.24) is 0 Å². The molecule has 0 aromatic heterocycles. The van der Waals surface area contributed by atoms with Gasteiger partial charge in [-0.05, 0) is 5.92 Å². The maximum Gasteiger partial charge on any atom is 0.105 e. The summed E-state index contributed by atoms with van der Waals surface area (Å²) in [4.78, 5) is 0. The molecule has 0 saturated heterocycles. The average molecular weight is 96.0 g/mol. The van der Waals surface area contributed by atoms with Crippen LogP contribution in [0, 0.1) is 5.92 Å². The molecule has 0 amide bonds. The number of rotatable bonds is 0. The molecule has 7 heavy (non-hydrogen) atoms. The Morgan fingerprint density at radius 2 is 2.14 bits per heavy atom. The van der Waals surface area contributed by atoms with Crippen molar-refractivity contribution >= 4 is 7.85 Å². The van der Waals surface area contributed by atoms with Crippen molar-refractivity contribution in [3.8, 4) is 0 Å². The lowest BCUT2D eigenvalue weighted by atomic mass is 9.80. The smallest absolute Gasteiger partial charge is 0.0672 e. The van der Waals surface area contributed by atoms with Gasteiger partial charge in [0.25, 0.3) is 0 Å². The third-order valence-corrected chi connectivity index (χ3v) is 2.29. The third-order valence-electron chi connectivity index (χ3n) is 2.29. The van der Waals surface area contributed by atoms with Gasteiger partial charge in [-0.25, -0.2) is 0 Å². The summed E-state index contributed by atoms with van der Waals surface area (Å²) in [7, 11) is 2.36. The summed E-state index contributed by atoms with van der Waals surface area (Å²) in [5.74, 6) is 2.03. The van der Waals surface area contributed by atoms with Crippen LogP contribution < -0.4 is 0 Å². The van der Waals surface area contributed by atoms with Gasteiger partial charge in [-0.3, -0.25) is 0 Å². The maximum absolute atomic E-state index is 2.36. The standard InChI is InChI=1S/C6H13B/c1-5-3-2-4-6(5)7/h5-6H,2-4,7H2,1H3. The van der Waals surface area contributed by atoms with Crippen molar-refractivity contribution in [2.45, 2.75) is 32.0 Å². The van der Waals surface area contributed by atoms with Gasteiger partial charge < -0.3 is 0 Å². The molecular weight excluding hydrogens is 82.9 g/mol. The summed E-state index contributed by atoms with van der Waals surface area (Å²) in [5, 5.41) is 0. The predicted octanol–water partition coefficient (Wildman–Crippen LogP) is 1.23. The minimum absolute atomic E-state index is 1.01. The van der Waals surface area contributed by atoms with Gasteiger partial charge in [0.2, 0.25) is 0 Å². The monoisotopic (exact) mass is 96.1 g/mol. The highest BCUT2D eigenvalue weighted by Gasteiger charge is 2.17. The van der Waals surface area contributed by atoms with Crippen molar-refractivity contribution in [2.75, 3.05) is 0 Å². The van der Waals surface area contributed by atoms with E-state index in [1.807, 2.05) is 0 Å². The molecule has 1 rings (SSSR count). The third kappa shape index (κ3) is 0.989. The topological polar surface area (TPSA) is 0 Å². The van der Waals surface area contributed by atoms with E-state index in [-0.39, 0.29) is 0 Å². The van der Waals surface area contributed by atoms with Crippen LogP contribution >= 0.6 is 0 Å². The average Bonchev–Trinajstić information content (AvgIpc) is 1.91. The van der Waals surface area contributed by atoms with Crippen LogP contribution in [-0.2, 0) is 0 Å². The first-order valence-electron chi connectivity index (χ1n) is 3.30. The molecule has 0 bridgehead atoms. The first-order valence-corrected chi connectivity index (χ1v) is 3.30. The normalized spacial score (nSPS) is 41.9. The minimum Gasteiger partial charge on any atom is -0.0672 e. The first kappa shape index (κ1) is 5.21. The molecule has 0 aromatic rings. The van der Waals surface area contributed by atoms with Crippen molar-refractivity contribution in [3.05, 3.63) is 0 Å². The summed E-state index contributed by atoms with van der Waals surface area (Å²) >= 11 is 0. The predicted molar refractivity (Wildman–Crippen MR) is 35.3 cm³/mol. The van der Waals surface area contributed by atoms with Gasteiger partial charge in [0.05, 0.1) is 0 Å². The Morgan fingerprint density at radius 1 is 1.43 bits per heavy atom. The van der Waals surface area contributed by atoms with Gasteiger partial charge in [0.1, 0.15) is 7.85 Å². The number of hydrogen-bond acceptors (Lipinski definition) is 0. The van der Waals surface area contributed by atoms with Crippen LogP contribution in [0.2, 0.25) is 5.82 Å². The van der Waals surface area contributed by atoms with Crippen LogP contribution in [0.25, 0.3) is 0 Å². The number of hydrogen-bond donors (Lipinski definition) is 0. The van der Waals surface area contributed by atoms with Gasteiger partial charge in [-0.15, -0.1) is 0 Å². The molecule has 0 aromatic carbocycles. The second-order valence-electron chi connectivity index (χ2n) is 2.89. The van der Waals surface area contributed by atoms with E-state index in [1.54, 1.807) is 0 Å². The Morgan fingerprint density at radius 3 is 2.29 bits per heavy atom. The molecule has 0 radical (unpaired) electrons. The van der Waals surface area contributed by atoms with Crippen LogP contribution in [0.4, 0.5) is 0 Å². The molecule has 1 heteroatoms. The van der Waals surface area contributed by atoms with E-state index in [0.29, 0.717) is 0 Å². The first-order chi connectivity index (χ1) is 3.30. The zero-order valence-corrected chi connectivity index (χ0v) is 5.28. The SMILES string of the molecule is BC1CCCC1C. The van der Waals surface area contributed by atoms with E-state index in [0.717, 1.165) is 11.7 Å². The summed E-state index contributed by atoms with van der Waals surface area (Å²) in [6.07, 6.45) is 4.42. The second-order valence-corrected chi connectivity index (χ2v) is 2.89. The zero-order valence-electron chi connectivity index (χ0n) is 5.28. The lowest BCUT2D eigenvalue weighted by Gasteiger charge is -2.04. The molecule has 1 fully saturated rings. The maximum atomic E-state index is 2.36. The molecule has 0 heterocycles. The fraction of sp³-hybridized carbons (Fsp3) is 1.00. The molecule has 2 atom stereocenters. The fourth-order valence-corrected chi connectivity index (χ4v) is 1.33. The van der Waals surface area contributed by atoms with Crippen molar-refractivity contribution in [2.24, 2.45) is 5.92 Å². The lowest BCUT2D eigenvalue weighted by Crippen LogP contribution is -1.93. The van der Waals surface area contributed by atoms with Gasteiger partial charge in [0, 0.05) is 0 Å². The van der Waals surface area contributed by atoms with Crippen LogP contribution in [-0.4, -0.2) is 7.85 Å². The van der Waals surface area contributed by atoms with Crippen LogP contribution in [0.3, 0.4) is 0 Å². The summed E-state index contributed by atoms with van der Waals surface area (Å²) in [5.41, 5.74) is 0. The van der Waals surface area contributed by atoms with Gasteiger partial charge in [0.15, 0.2) is 0 Å². The van der Waals surface area contributed by atoms with Crippen molar-refractivity contribution in [1.29, 1.82) is 0 Å². The molecule has 0 aliphatic heterocycles. The second kappa shape index (κ2) is 1.89. The Kier molecular flexibility index (Phi) is 1.41. The molecule has 1 aliphatic rings. The van der Waals surface area contributed by atoms with E-state index in [9.17, 15) is 0 Å². The Hall–Kier alpha value is 0.0649. The van der Waals surface area contributed by atoms with Gasteiger partial charge in [-0.2, -0.15) is 0 Å². The molecule has 1 saturated carbocycles. The summed E-state index contributed by atoms with van der Waals surface area (Å²) in [6.45, 7) is 2.36. The molecule has 40 valence electrons. The van der Waals surface area contributed by atoms with Crippen molar-refractivity contribution < 1.29 is 0 Å². The van der Waals surface area contributed by atoms with E-state index in [2.05, 4.69) is 14.8 Å². The van der Waals surface area contributed by atoms with Crippen LogP contribution in [0.5, 0.6) is 0 Å². The Bertz CT molecular complexity index is 53.2. The quantitative estimate of drug-likeness (QED) is 0.398.